The number of nitrogen functional groups attached to an aromatic ring is 1. The fourth-order valence-corrected chi connectivity index (χ4v) is 2.87. The van der Waals surface area contributed by atoms with Crippen molar-refractivity contribution in [3.63, 3.8) is 0 Å². The molecule has 1 fully saturated rings. The fraction of sp³-hybridized carbons (Fsp3) is 0.667. The predicted molar refractivity (Wildman–Crippen MR) is 79.6 cm³/mol. The van der Waals surface area contributed by atoms with Crippen molar-refractivity contribution in [2.75, 3.05) is 23.8 Å². The van der Waals surface area contributed by atoms with Crippen molar-refractivity contribution in [1.29, 1.82) is 0 Å². The number of hydrogen-bond donors (Lipinski definition) is 1. The van der Waals surface area contributed by atoms with Gasteiger partial charge in [0.2, 0.25) is 5.88 Å². The van der Waals surface area contributed by atoms with Crippen LogP contribution in [0.5, 0.6) is 5.88 Å². The van der Waals surface area contributed by atoms with Gasteiger partial charge in [0.15, 0.2) is 0 Å². The Morgan fingerprint density at radius 3 is 2.79 bits per heavy atom. The maximum atomic E-state index is 5.89. The summed E-state index contributed by atoms with van der Waals surface area (Å²) in [4.78, 5) is 6.96. The number of rotatable bonds is 3. The van der Waals surface area contributed by atoms with Gasteiger partial charge in [-0.15, -0.1) is 0 Å². The number of pyridine rings is 1. The van der Waals surface area contributed by atoms with Gasteiger partial charge in [-0.2, -0.15) is 4.98 Å². The van der Waals surface area contributed by atoms with Gasteiger partial charge in [-0.3, -0.25) is 0 Å². The quantitative estimate of drug-likeness (QED) is 0.911. The molecule has 1 aromatic rings. The van der Waals surface area contributed by atoms with Crippen molar-refractivity contribution >= 4 is 11.5 Å². The molecular weight excluding hydrogens is 238 g/mol. The highest BCUT2D eigenvalue weighted by atomic mass is 16.5. The lowest BCUT2D eigenvalue weighted by atomic mass is 9.86. The zero-order chi connectivity index (χ0) is 14.0. The van der Waals surface area contributed by atoms with Gasteiger partial charge in [-0.1, -0.05) is 13.8 Å². The lowest BCUT2D eigenvalue weighted by Crippen LogP contribution is -2.46. The van der Waals surface area contributed by atoms with E-state index >= 15 is 0 Å². The normalized spacial score (nSPS) is 27.4. The van der Waals surface area contributed by atoms with Crippen molar-refractivity contribution in [1.82, 2.24) is 4.98 Å². The molecule has 2 rings (SSSR count). The van der Waals surface area contributed by atoms with Crippen LogP contribution in [-0.4, -0.2) is 24.2 Å². The summed E-state index contributed by atoms with van der Waals surface area (Å²) in [5.74, 6) is 2.90. The highest BCUT2D eigenvalue weighted by Crippen LogP contribution is 2.32. The first kappa shape index (κ1) is 14.0. The number of piperidine rings is 1. The van der Waals surface area contributed by atoms with Crippen LogP contribution in [-0.2, 0) is 0 Å². The van der Waals surface area contributed by atoms with Crippen LogP contribution in [0.2, 0.25) is 0 Å². The second-order valence-electron chi connectivity index (χ2n) is 5.71. The first-order chi connectivity index (χ1) is 9.02. The highest BCUT2D eigenvalue weighted by molar-refractivity contribution is 5.55. The van der Waals surface area contributed by atoms with Gasteiger partial charge >= 0.3 is 0 Å². The minimum Gasteiger partial charge on any atom is -0.476 e. The number of ether oxygens (including phenoxy) is 1. The summed E-state index contributed by atoms with van der Waals surface area (Å²) in [6, 6.07) is 4.39. The van der Waals surface area contributed by atoms with Crippen molar-refractivity contribution in [2.24, 2.45) is 11.8 Å². The van der Waals surface area contributed by atoms with E-state index in [0.717, 1.165) is 12.4 Å². The van der Waals surface area contributed by atoms with E-state index in [4.69, 9.17) is 10.5 Å². The van der Waals surface area contributed by atoms with Gasteiger partial charge < -0.3 is 15.4 Å². The topological polar surface area (TPSA) is 51.4 Å². The van der Waals surface area contributed by atoms with Gasteiger partial charge in [0, 0.05) is 12.6 Å². The minimum atomic E-state index is 0.502. The fourth-order valence-electron chi connectivity index (χ4n) is 2.87. The maximum absolute atomic E-state index is 5.89. The molecule has 0 bridgehead atoms. The number of anilines is 2. The van der Waals surface area contributed by atoms with Crippen molar-refractivity contribution in [3.8, 4) is 5.88 Å². The van der Waals surface area contributed by atoms with Gasteiger partial charge in [0.1, 0.15) is 5.82 Å². The van der Waals surface area contributed by atoms with Crippen LogP contribution in [0.25, 0.3) is 0 Å². The van der Waals surface area contributed by atoms with Gasteiger partial charge in [-0.05, 0) is 44.2 Å². The molecule has 0 radical (unpaired) electrons. The van der Waals surface area contributed by atoms with Crippen molar-refractivity contribution in [3.05, 3.63) is 12.1 Å². The van der Waals surface area contributed by atoms with Crippen LogP contribution in [0.1, 0.15) is 34.1 Å². The van der Waals surface area contributed by atoms with E-state index in [1.165, 1.54) is 6.42 Å². The highest BCUT2D eigenvalue weighted by Gasteiger charge is 2.29. The first-order valence-electron chi connectivity index (χ1n) is 7.18. The van der Waals surface area contributed by atoms with Crippen LogP contribution in [0, 0.1) is 11.8 Å². The van der Waals surface area contributed by atoms with Crippen LogP contribution in [0.15, 0.2) is 12.1 Å². The Morgan fingerprint density at radius 1 is 1.37 bits per heavy atom. The Kier molecular flexibility index (Phi) is 4.17. The standard InChI is InChI=1S/C15H25N3O/c1-5-19-15-13(16)6-7-14(17-15)18-9-10(2)8-11(3)12(18)4/h6-7,10-12H,5,8-9,16H2,1-4H3. The molecule has 0 saturated carbocycles. The van der Waals surface area contributed by atoms with E-state index in [2.05, 4.69) is 30.7 Å². The number of nitrogens with two attached hydrogens (primary N) is 1. The Balaban J connectivity index is 2.27. The van der Waals surface area contributed by atoms with E-state index < -0.39 is 0 Å². The van der Waals surface area contributed by atoms with Crippen LogP contribution >= 0.6 is 0 Å². The van der Waals surface area contributed by atoms with E-state index in [0.29, 0.717) is 36.1 Å². The lowest BCUT2D eigenvalue weighted by Gasteiger charge is -2.42. The van der Waals surface area contributed by atoms with Gasteiger partial charge in [-0.25, -0.2) is 0 Å². The second-order valence-corrected chi connectivity index (χ2v) is 5.71. The average Bonchev–Trinajstić information content (AvgIpc) is 2.37. The predicted octanol–water partition coefficient (Wildman–Crippen LogP) is 2.93. The molecule has 1 aromatic heterocycles. The van der Waals surface area contributed by atoms with Crippen LogP contribution in [0.3, 0.4) is 0 Å². The molecule has 4 heteroatoms. The van der Waals surface area contributed by atoms with Gasteiger partial charge in [0.25, 0.3) is 0 Å². The number of aromatic nitrogens is 1. The molecule has 1 aliphatic heterocycles. The molecule has 1 saturated heterocycles. The van der Waals surface area contributed by atoms with Crippen LogP contribution < -0.4 is 15.4 Å². The smallest absolute Gasteiger partial charge is 0.239 e. The van der Waals surface area contributed by atoms with E-state index in [1.807, 2.05) is 19.1 Å². The third-order valence-corrected chi connectivity index (χ3v) is 4.05. The second kappa shape index (κ2) is 5.68. The molecule has 0 aliphatic carbocycles. The molecule has 2 heterocycles. The molecule has 2 N–H and O–H groups in total. The molecule has 0 amide bonds. The third-order valence-electron chi connectivity index (χ3n) is 4.05. The van der Waals surface area contributed by atoms with Crippen LogP contribution in [0.4, 0.5) is 11.5 Å². The zero-order valence-corrected chi connectivity index (χ0v) is 12.4. The third kappa shape index (κ3) is 2.94. The Morgan fingerprint density at radius 2 is 2.11 bits per heavy atom. The molecule has 3 atom stereocenters. The monoisotopic (exact) mass is 263 g/mol. The summed E-state index contributed by atoms with van der Waals surface area (Å²) in [6.45, 7) is 10.5. The van der Waals surface area contributed by atoms with Gasteiger partial charge in [0.05, 0.1) is 12.3 Å². The molecule has 3 unspecified atom stereocenters. The molecule has 4 nitrogen and oxygen atoms in total. The van der Waals surface area contributed by atoms with E-state index in [-0.39, 0.29) is 0 Å². The molecular formula is C15H25N3O. The minimum absolute atomic E-state index is 0.502. The summed E-state index contributed by atoms with van der Waals surface area (Å²) in [5.41, 5.74) is 6.50. The summed E-state index contributed by atoms with van der Waals surface area (Å²) < 4.78 is 5.49. The Bertz CT molecular complexity index is 435. The lowest BCUT2D eigenvalue weighted by molar-refractivity contribution is 0.293. The SMILES string of the molecule is CCOc1nc(N2CC(C)CC(C)C2C)ccc1N. The largest absolute Gasteiger partial charge is 0.476 e. The molecule has 0 aromatic carbocycles. The zero-order valence-electron chi connectivity index (χ0n) is 12.4. The summed E-state index contributed by atoms with van der Waals surface area (Å²) >= 11 is 0. The van der Waals surface area contributed by atoms with Crippen molar-refractivity contribution in [2.45, 2.75) is 40.2 Å². The summed E-state index contributed by atoms with van der Waals surface area (Å²) in [6.07, 6.45) is 1.28. The Hall–Kier alpha value is -1.45. The molecule has 0 spiro atoms. The summed E-state index contributed by atoms with van der Waals surface area (Å²) in [7, 11) is 0. The average molecular weight is 263 g/mol. The molecule has 19 heavy (non-hydrogen) atoms. The van der Waals surface area contributed by atoms with E-state index in [1.54, 1.807) is 0 Å². The Labute approximate surface area is 116 Å². The first-order valence-corrected chi connectivity index (χ1v) is 7.18. The number of nitrogens with zero attached hydrogens (tertiary/aromatic N) is 2. The maximum Gasteiger partial charge on any atom is 0.239 e. The summed E-state index contributed by atoms with van der Waals surface area (Å²) in [5, 5.41) is 0. The molecule has 106 valence electrons. The van der Waals surface area contributed by atoms with E-state index in [9.17, 15) is 0 Å². The number of hydrogen-bond acceptors (Lipinski definition) is 4. The molecule has 1 aliphatic rings. The van der Waals surface area contributed by atoms with Crippen molar-refractivity contribution < 1.29 is 4.74 Å².